The van der Waals surface area contributed by atoms with E-state index in [1.54, 1.807) is 0 Å². The number of halogens is 1. The number of hydrogen-bond acceptors (Lipinski definition) is 2. The highest BCUT2D eigenvalue weighted by Crippen LogP contribution is 2.18. The van der Waals surface area contributed by atoms with Crippen LogP contribution < -0.4 is 5.32 Å². The van der Waals surface area contributed by atoms with Crippen LogP contribution >= 0.6 is 15.9 Å². The molecule has 1 aromatic carbocycles. The van der Waals surface area contributed by atoms with Gasteiger partial charge in [0.05, 0.1) is 0 Å². The van der Waals surface area contributed by atoms with Crippen molar-refractivity contribution in [2.75, 3.05) is 13.1 Å². The van der Waals surface area contributed by atoms with Crippen LogP contribution in [0, 0.1) is 5.92 Å². The molecule has 2 rings (SSSR count). The van der Waals surface area contributed by atoms with E-state index >= 15 is 0 Å². The number of nitrogens with one attached hydrogen (secondary N) is 1. The van der Waals surface area contributed by atoms with Gasteiger partial charge in [0.1, 0.15) is 0 Å². The second kappa shape index (κ2) is 5.60. The zero-order valence-electron chi connectivity index (χ0n) is 9.21. The molecule has 1 atom stereocenters. The Morgan fingerprint density at radius 3 is 2.75 bits per heavy atom. The number of rotatable bonds is 3. The van der Waals surface area contributed by atoms with Gasteiger partial charge in [0.25, 0.3) is 0 Å². The summed E-state index contributed by atoms with van der Waals surface area (Å²) in [6.45, 7) is 2.09. The number of piperidine rings is 1. The average Bonchev–Trinajstić information content (AvgIpc) is 2.31. The molecule has 0 aliphatic carbocycles. The van der Waals surface area contributed by atoms with Crippen molar-refractivity contribution in [2.45, 2.75) is 19.3 Å². The van der Waals surface area contributed by atoms with E-state index in [0.717, 1.165) is 23.1 Å². The fourth-order valence-corrected chi connectivity index (χ4v) is 2.38. The Kier molecular flexibility index (Phi) is 4.13. The van der Waals surface area contributed by atoms with Gasteiger partial charge in [0.15, 0.2) is 5.78 Å². The molecule has 3 heteroatoms. The molecule has 0 spiro atoms. The maximum absolute atomic E-state index is 12.0. The van der Waals surface area contributed by atoms with Gasteiger partial charge in [0, 0.05) is 16.5 Å². The molecule has 1 aliphatic rings. The van der Waals surface area contributed by atoms with E-state index in [-0.39, 0.29) is 5.78 Å². The lowest BCUT2D eigenvalue weighted by atomic mass is 9.92. The number of benzene rings is 1. The lowest BCUT2D eigenvalue weighted by Gasteiger charge is -2.21. The summed E-state index contributed by atoms with van der Waals surface area (Å²) in [6.07, 6.45) is 3.04. The molecule has 1 N–H and O–H groups in total. The summed E-state index contributed by atoms with van der Waals surface area (Å²) in [6, 6.07) is 7.63. The topological polar surface area (TPSA) is 29.1 Å². The lowest BCUT2D eigenvalue weighted by Crippen LogP contribution is -2.31. The second-order valence-electron chi connectivity index (χ2n) is 4.35. The molecule has 16 heavy (non-hydrogen) atoms. The molecule has 1 aliphatic heterocycles. The van der Waals surface area contributed by atoms with Crippen LogP contribution in [0.4, 0.5) is 0 Å². The minimum atomic E-state index is 0.265. The van der Waals surface area contributed by atoms with Crippen LogP contribution in [0.5, 0.6) is 0 Å². The van der Waals surface area contributed by atoms with Crippen LogP contribution in [-0.4, -0.2) is 18.9 Å². The van der Waals surface area contributed by atoms with E-state index in [1.165, 1.54) is 12.8 Å². The van der Waals surface area contributed by atoms with Crippen LogP contribution in [0.3, 0.4) is 0 Å². The maximum Gasteiger partial charge on any atom is 0.163 e. The molecule has 1 fully saturated rings. The fraction of sp³-hybridized carbons (Fsp3) is 0.462. The Labute approximate surface area is 105 Å². The molecule has 0 radical (unpaired) electrons. The summed E-state index contributed by atoms with van der Waals surface area (Å²) in [4.78, 5) is 12.0. The molecule has 1 heterocycles. The van der Waals surface area contributed by atoms with Crippen molar-refractivity contribution in [2.24, 2.45) is 5.92 Å². The van der Waals surface area contributed by atoms with Crippen molar-refractivity contribution in [3.05, 3.63) is 34.3 Å². The summed E-state index contributed by atoms with van der Waals surface area (Å²) in [5.74, 6) is 0.783. The summed E-state index contributed by atoms with van der Waals surface area (Å²) < 4.78 is 1.02. The number of carbonyl (C=O) groups excluding carboxylic acids is 1. The molecule has 1 unspecified atom stereocenters. The van der Waals surface area contributed by atoms with Crippen LogP contribution in [0.2, 0.25) is 0 Å². The average molecular weight is 282 g/mol. The van der Waals surface area contributed by atoms with Crippen LogP contribution in [0.15, 0.2) is 28.7 Å². The van der Waals surface area contributed by atoms with Gasteiger partial charge in [-0.1, -0.05) is 28.1 Å². The van der Waals surface area contributed by atoms with Crippen molar-refractivity contribution < 1.29 is 4.79 Å². The van der Waals surface area contributed by atoms with Crippen molar-refractivity contribution in [1.82, 2.24) is 5.32 Å². The predicted octanol–water partition coefficient (Wildman–Crippen LogP) is 3.02. The zero-order valence-corrected chi connectivity index (χ0v) is 10.8. The second-order valence-corrected chi connectivity index (χ2v) is 5.26. The molecular formula is C13H16BrNO. The number of Topliss-reactive ketones (excluding diaryl/α,β-unsaturated/α-hetero) is 1. The lowest BCUT2D eigenvalue weighted by molar-refractivity contribution is 0.0954. The molecule has 0 bridgehead atoms. The van der Waals surface area contributed by atoms with Gasteiger partial charge in [-0.15, -0.1) is 0 Å². The molecular weight excluding hydrogens is 266 g/mol. The van der Waals surface area contributed by atoms with Crippen LogP contribution in [0.25, 0.3) is 0 Å². The predicted molar refractivity (Wildman–Crippen MR) is 68.7 cm³/mol. The zero-order chi connectivity index (χ0) is 11.4. The van der Waals surface area contributed by atoms with Gasteiger partial charge in [-0.2, -0.15) is 0 Å². The number of ketones is 1. The maximum atomic E-state index is 12.0. The number of hydrogen-bond donors (Lipinski definition) is 1. The summed E-state index contributed by atoms with van der Waals surface area (Å²) in [5.41, 5.74) is 0.828. The summed E-state index contributed by atoms with van der Waals surface area (Å²) in [7, 11) is 0. The van der Waals surface area contributed by atoms with Crippen LogP contribution in [-0.2, 0) is 0 Å². The van der Waals surface area contributed by atoms with E-state index in [0.29, 0.717) is 12.3 Å². The Morgan fingerprint density at radius 1 is 1.38 bits per heavy atom. The standard InChI is InChI=1S/C13H16BrNO/c14-12-5-3-11(4-6-12)13(16)8-10-2-1-7-15-9-10/h3-6,10,15H,1-2,7-9H2. The smallest absolute Gasteiger partial charge is 0.163 e. The van der Waals surface area contributed by atoms with Crippen molar-refractivity contribution in [3.8, 4) is 0 Å². The molecule has 1 aromatic rings. The largest absolute Gasteiger partial charge is 0.316 e. The van der Waals surface area contributed by atoms with E-state index in [2.05, 4.69) is 21.2 Å². The fourth-order valence-electron chi connectivity index (χ4n) is 2.11. The van der Waals surface area contributed by atoms with E-state index in [1.807, 2.05) is 24.3 Å². The molecule has 0 saturated carbocycles. The first-order valence-corrected chi connectivity index (χ1v) is 6.54. The first kappa shape index (κ1) is 11.8. The SMILES string of the molecule is O=C(CC1CCCNC1)c1ccc(Br)cc1. The van der Waals surface area contributed by atoms with E-state index in [9.17, 15) is 4.79 Å². The Balaban J connectivity index is 1.94. The Morgan fingerprint density at radius 2 is 2.12 bits per heavy atom. The molecule has 86 valence electrons. The first-order valence-electron chi connectivity index (χ1n) is 5.75. The normalized spacial score (nSPS) is 20.7. The first-order chi connectivity index (χ1) is 7.75. The van der Waals surface area contributed by atoms with Gasteiger partial charge < -0.3 is 5.32 Å². The molecule has 2 nitrogen and oxygen atoms in total. The Bertz CT molecular complexity index is 355. The highest BCUT2D eigenvalue weighted by atomic mass is 79.9. The molecule has 1 saturated heterocycles. The summed E-state index contributed by atoms with van der Waals surface area (Å²) >= 11 is 3.37. The monoisotopic (exact) mass is 281 g/mol. The van der Waals surface area contributed by atoms with Gasteiger partial charge in [0.2, 0.25) is 0 Å². The minimum Gasteiger partial charge on any atom is -0.316 e. The third-order valence-corrected chi connectivity index (χ3v) is 3.57. The third-order valence-electron chi connectivity index (χ3n) is 3.04. The molecule has 0 aromatic heterocycles. The summed E-state index contributed by atoms with van der Waals surface area (Å²) in [5, 5.41) is 3.34. The van der Waals surface area contributed by atoms with Gasteiger partial charge in [-0.25, -0.2) is 0 Å². The third kappa shape index (κ3) is 3.16. The molecule has 0 amide bonds. The quantitative estimate of drug-likeness (QED) is 0.863. The highest BCUT2D eigenvalue weighted by molar-refractivity contribution is 9.10. The van der Waals surface area contributed by atoms with Crippen molar-refractivity contribution >= 4 is 21.7 Å². The van der Waals surface area contributed by atoms with E-state index in [4.69, 9.17) is 0 Å². The minimum absolute atomic E-state index is 0.265. The van der Waals surface area contributed by atoms with Crippen molar-refractivity contribution in [1.29, 1.82) is 0 Å². The van der Waals surface area contributed by atoms with Crippen LogP contribution in [0.1, 0.15) is 29.6 Å². The Hall–Kier alpha value is -0.670. The van der Waals surface area contributed by atoms with Gasteiger partial charge >= 0.3 is 0 Å². The van der Waals surface area contributed by atoms with Crippen molar-refractivity contribution in [3.63, 3.8) is 0 Å². The van der Waals surface area contributed by atoms with Gasteiger partial charge in [-0.05, 0) is 44.0 Å². The van der Waals surface area contributed by atoms with E-state index < -0.39 is 0 Å². The van der Waals surface area contributed by atoms with Gasteiger partial charge in [-0.3, -0.25) is 4.79 Å². The highest BCUT2D eigenvalue weighted by Gasteiger charge is 2.17. The number of carbonyl (C=O) groups is 1.